The Morgan fingerprint density at radius 3 is 1.98 bits per heavy atom. The van der Waals surface area contributed by atoms with Crippen molar-refractivity contribution in [1.29, 1.82) is 0 Å². The zero-order valence-electron chi connectivity index (χ0n) is 29.7. The van der Waals surface area contributed by atoms with E-state index in [1.165, 1.54) is 87.9 Å². The minimum atomic E-state index is 0.305. The highest BCUT2D eigenvalue weighted by Crippen LogP contribution is 2.40. The molecule has 2 aromatic heterocycles. The molecule has 2 heteroatoms. The monoisotopic (exact) mass is 688 g/mol. The van der Waals surface area contributed by atoms with Gasteiger partial charge in [0.05, 0.1) is 22.4 Å². The highest BCUT2D eigenvalue weighted by Gasteiger charge is 2.21. The first-order chi connectivity index (χ1) is 26.8. The molecule has 0 saturated heterocycles. The minimum absolute atomic E-state index is 0.305. The van der Waals surface area contributed by atoms with Gasteiger partial charge >= 0.3 is 0 Å². The number of allylic oxidation sites excluding steroid dienone is 4. The summed E-state index contributed by atoms with van der Waals surface area (Å²) in [5.74, 6) is 0.305. The summed E-state index contributed by atoms with van der Waals surface area (Å²) in [6.07, 6.45) is 9.98. The van der Waals surface area contributed by atoms with Crippen molar-refractivity contribution in [2.75, 3.05) is 0 Å². The Labute approximate surface area is 314 Å². The maximum Gasteiger partial charge on any atom is 0.0547 e. The molecule has 1 aliphatic rings. The van der Waals surface area contributed by atoms with Gasteiger partial charge in [-0.2, -0.15) is 0 Å². The van der Waals surface area contributed by atoms with Crippen LogP contribution in [-0.4, -0.2) is 9.13 Å². The van der Waals surface area contributed by atoms with Gasteiger partial charge in [-0.15, -0.1) is 0 Å². The highest BCUT2D eigenvalue weighted by atomic mass is 15.0. The number of hydrogen-bond donors (Lipinski definition) is 0. The smallest absolute Gasteiger partial charge is 0.0547 e. The molecule has 10 aromatic rings. The van der Waals surface area contributed by atoms with Crippen molar-refractivity contribution in [2.24, 2.45) is 0 Å². The van der Waals surface area contributed by atoms with E-state index in [1.54, 1.807) is 0 Å². The molecule has 2 nitrogen and oxygen atoms in total. The van der Waals surface area contributed by atoms with Gasteiger partial charge in [-0.05, 0) is 93.0 Å². The fourth-order valence-corrected chi connectivity index (χ4v) is 8.78. The Kier molecular flexibility index (Phi) is 7.03. The molecule has 0 saturated carbocycles. The van der Waals surface area contributed by atoms with E-state index in [2.05, 4.69) is 209 Å². The van der Waals surface area contributed by atoms with Crippen LogP contribution in [-0.2, 0) is 0 Å². The molecule has 1 unspecified atom stereocenters. The van der Waals surface area contributed by atoms with E-state index < -0.39 is 0 Å². The van der Waals surface area contributed by atoms with E-state index in [4.69, 9.17) is 0 Å². The molecule has 8 aromatic carbocycles. The minimum Gasteiger partial charge on any atom is -0.312 e. The topological polar surface area (TPSA) is 9.86 Å². The SMILES string of the molecule is C1=CCC(c2cc3cc(-c4ccc5cc(-c6cccc7ccccc67)n(-c6ccc7ccccc7c6)c5c4)ccc3n2-c2cccc3ccccc23)C=C1. The molecule has 1 aliphatic carbocycles. The summed E-state index contributed by atoms with van der Waals surface area (Å²) in [5, 5.41) is 9.96. The van der Waals surface area contributed by atoms with Crippen molar-refractivity contribution in [1.82, 2.24) is 9.13 Å². The number of nitrogens with zero attached hydrogens (tertiary/aromatic N) is 2. The molecular weight excluding hydrogens is 653 g/mol. The third-order valence-electron chi connectivity index (χ3n) is 11.4. The Morgan fingerprint density at radius 2 is 1.13 bits per heavy atom. The van der Waals surface area contributed by atoms with Gasteiger partial charge < -0.3 is 9.13 Å². The molecule has 254 valence electrons. The van der Waals surface area contributed by atoms with Crippen LogP contribution >= 0.6 is 0 Å². The quantitative estimate of drug-likeness (QED) is 0.170. The Bertz CT molecular complexity index is 3140. The predicted molar refractivity (Wildman–Crippen MR) is 229 cm³/mol. The molecule has 54 heavy (non-hydrogen) atoms. The summed E-state index contributed by atoms with van der Waals surface area (Å²) in [5.41, 5.74) is 11.0. The van der Waals surface area contributed by atoms with Gasteiger partial charge in [0.15, 0.2) is 0 Å². The molecule has 2 heterocycles. The summed E-state index contributed by atoms with van der Waals surface area (Å²) in [7, 11) is 0. The van der Waals surface area contributed by atoms with Crippen molar-refractivity contribution < 1.29 is 0 Å². The number of rotatable bonds is 5. The van der Waals surface area contributed by atoms with Crippen molar-refractivity contribution in [3.05, 3.63) is 206 Å². The van der Waals surface area contributed by atoms with Crippen molar-refractivity contribution >= 4 is 54.1 Å². The van der Waals surface area contributed by atoms with Gasteiger partial charge in [0.25, 0.3) is 0 Å². The fraction of sp³-hybridized carbons (Fsp3) is 0.0385. The van der Waals surface area contributed by atoms with Gasteiger partial charge in [-0.3, -0.25) is 0 Å². The van der Waals surface area contributed by atoms with Gasteiger partial charge in [-0.1, -0.05) is 152 Å². The molecule has 0 bridgehead atoms. The van der Waals surface area contributed by atoms with Crippen LogP contribution in [0.25, 0.3) is 87.9 Å². The van der Waals surface area contributed by atoms with E-state index in [0.29, 0.717) is 5.92 Å². The van der Waals surface area contributed by atoms with Crippen LogP contribution in [0.2, 0.25) is 0 Å². The van der Waals surface area contributed by atoms with Crippen LogP contribution in [0.5, 0.6) is 0 Å². The van der Waals surface area contributed by atoms with E-state index >= 15 is 0 Å². The normalized spacial score (nSPS) is 14.3. The average Bonchev–Trinajstić information content (AvgIpc) is 3.82. The molecule has 0 spiro atoms. The first-order valence-corrected chi connectivity index (χ1v) is 18.9. The van der Waals surface area contributed by atoms with Crippen LogP contribution < -0.4 is 0 Å². The number of aromatic nitrogens is 2. The Balaban J connectivity index is 1.12. The number of hydrogen-bond acceptors (Lipinski definition) is 0. The van der Waals surface area contributed by atoms with Crippen molar-refractivity contribution in [2.45, 2.75) is 12.3 Å². The lowest BCUT2D eigenvalue weighted by Crippen LogP contribution is -2.06. The average molecular weight is 689 g/mol. The van der Waals surface area contributed by atoms with Crippen LogP contribution in [0.15, 0.2) is 200 Å². The van der Waals surface area contributed by atoms with Crippen LogP contribution in [0, 0.1) is 0 Å². The summed E-state index contributed by atoms with van der Waals surface area (Å²) in [4.78, 5) is 0. The maximum absolute atomic E-state index is 2.50. The Hall–Kier alpha value is -6.90. The number of benzene rings is 8. The lowest BCUT2D eigenvalue weighted by Gasteiger charge is -2.19. The van der Waals surface area contributed by atoms with Gasteiger partial charge in [-0.25, -0.2) is 0 Å². The van der Waals surface area contributed by atoms with E-state index in [1.807, 2.05) is 0 Å². The summed E-state index contributed by atoms with van der Waals surface area (Å²) in [6, 6.07) is 65.0. The second-order valence-electron chi connectivity index (χ2n) is 14.5. The van der Waals surface area contributed by atoms with E-state index in [-0.39, 0.29) is 0 Å². The van der Waals surface area contributed by atoms with Crippen LogP contribution in [0.3, 0.4) is 0 Å². The third kappa shape index (κ3) is 4.95. The second kappa shape index (κ2) is 12.4. The summed E-state index contributed by atoms with van der Waals surface area (Å²) in [6.45, 7) is 0. The van der Waals surface area contributed by atoms with Crippen molar-refractivity contribution in [3.63, 3.8) is 0 Å². The lowest BCUT2D eigenvalue weighted by atomic mass is 9.96. The van der Waals surface area contributed by atoms with Gasteiger partial charge in [0.2, 0.25) is 0 Å². The zero-order chi connectivity index (χ0) is 35.6. The first-order valence-electron chi connectivity index (χ1n) is 18.9. The molecule has 0 fully saturated rings. The molecule has 11 rings (SSSR count). The van der Waals surface area contributed by atoms with Crippen LogP contribution in [0.1, 0.15) is 18.0 Å². The number of fused-ring (bicyclic) bond motifs is 5. The lowest BCUT2D eigenvalue weighted by molar-refractivity contribution is 0.793. The Morgan fingerprint density at radius 1 is 0.426 bits per heavy atom. The highest BCUT2D eigenvalue weighted by molar-refractivity contribution is 6.02. The predicted octanol–water partition coefficient (Wildman–Crippen LogP) is 14.0. The largest absolute Gasteiger partial charge is 0.312 e. The molecule has 0 amide bonds. The third-order valence-corrected chi connectivity index (χ3v) is 11.4. The van der Waals surface area contributed by atoms with E-state index in [9.17, 15) is 0 Å². The standard InChI is InChI=1S/C52H36N2/c1-2-15-38(16-3-1)50-34-43-30-40(27-29-48(43)54(50)49-23-11-19-37-14-7-9-21-46(37)49)41-24-25-42-33-52(47-22-10-18-36-13-6-8-20-45(36)47)53(51(42)32-41)44-28-26-35-12-4-5-17-39(35)31-44/h1-15,17-34,38H,16H2. The first kappa shape index (κ1) is 30.7. The van der Waals surface area contributed by atoms with Gasteiger partial charge in [0.1, 0.15) is 0 Å². The molecular formula is C52H36N2. The summed E-state index contributed by atoms with van der Waals surface area (Å²) < 4.78 is 4.96. The molecule has 1 atom stereocenters. The molecule has 0 aliphatic heterocycles. The second-order valence-corrected chi connectivity index (χ2v) is 14.5. The van der Waals surface area contributed by atoms with Crippen LogP contribution in [0.4, 0.5) is 0 Å². The van der Waals surface area contributed by atoms with E-state index in [0.717, 1.165) is 12.1 Å². The molecule has 0 N–H and O–H groups in total. The van der Waals surface area contributed by atoms with Gasteiger partial charge in [0, 0.05) is 39.0 Å². The fourth-order valence-electron chi connectivity index (χ4n) is 8.78. The van der Waals surface area contributed by atoms with Crippen molar-refractivity contribution in [3.8, 4) is 33.8 Å². The molecule has 0 radical (unpaired) electrons. The zero-order valence-corrected chi connectivity index (χ0v) is 29.7. The maximum atomic E-state index is 2.50. The summed E-state index contributed by atoms with van der Waals surface area (Å²) >= 11 is 0.